The van der Waals surface area contributed by atoms with Gasteiger partial charge in [0.1, 0.15) is 6.04 Å². The van der Waals surface area contributed by atoms with Crippen molar-refractivity contribution in [3.8, 4) is 0 Å². The number of rotatable bonds is 10. The standard InChI is InChI=1S/C20H31N3O2/c21-13-7-2-1-6-12-19(24)22-18(16-17-10-4-3-5-11-17)20(25)23-14-8-9-15-23/h3-5,10-11,18H,1-2,6-9,12-16,21H2,(H,22,24). The molecule has 5 nitrogen and oxygen atoms in total. The molecule has 1 aliphatic rings. The molecule has 25 heavy (non-hydrogen) atoms. The van der Waals surface area contributed by atoms with Crippen molar-refractivity contribution in [1.82, 2.24) is 10.2 Å². The Bertz CT molecular complexity index is 527. The molecule has 1 fully saturated rings. The van der Waals surface area contributed by atoms with Gasteiger partial charge in [-0.05, 0) is 37.8 Å². The lowest BCUT2D eigenvalue weighted by molar-refractivity contribution is -0.135. The zero-order valence-corrected chi connectivity index (χ0v) is 15.1. The van der Waals surface area contributed by atoms with E-state index >= 15 is 0 Å². The fraction of sp³-hybridized carbons (Fsp3) is 0.600. The van der Waals surface area contributed by atoms with Crippen molar-refractivity contribution in [3.63, 3.8) is 0 Å². The smallest absolute Gasteiger partial charge is 0.245 e. The Hall–Kier alpha value is -1.88. The highest BCUT2D eigenvalue weighted by molar-refractivity contribution is 5.88. The number of amides is 2. The van der Waals surface area contributed by atoms with E-state index in [1.165, 1.54) is 0 Å². The predicted octanol–water partition coefficient (Wildman–Crippen LogP) is 2.25. The first-order valence-corrected chi connectivity index (χ1v) is 9.53. The van der Waals surface area contributed by atoms with Crippen LogP contribution in [0.3, 0.4) is 0 Å². The molecule has 1 heterocycles. The Morgan fingerprint density at radius 1 is 1.04 bits per heavy atom. The number of likely N-dealkylation sites (tertiary alicyclic amines) is 1. The molecule has 0 spiro atoms. The number of hydrogen-bond donors (Lipinski definition) is 2. The van der Waals surface area contributed by atoms with Crippen molar-refractivity contribution < 1.29 is 9.59 Å². The molecule has 2 rings (SSSR count). The van der Waals surface area contributed by atoms with Crippen LogP contribution < -0.4 is 11.1 Å². The highest BCUT2D eigenvalue weighted by Gasteiger charge is 2.27. The van der Waals surface area contributed by atoms with Gasteiger partial charge < -0.3 is 16.0 Å². The minimum Gasteiger partial charge on any atom is -0.344 e. The number of nitrogens with two attached hydrogens (primary N) is 1. The van der Waals surface area contributed by atoms with Crippen molar-refractivity contribution in [2.24, 2.45) is 5.73 Å². The number of benzene rings is 1. The van der Waals surface area contributed by atoms with Crippen molar-refractivity contribution in [2.75, 3.05) is 19.6 Å². The summed E-state index contributed by atoms with van der Waals surface area (Å²) in [5.74, 6) is 0.0269. The molecule has 0 aromatic heterocycles. The molecular formula is C20H31N3O2. The molecule has 1 unspecified atom stereocenters. The molecule has 1 saturated heterocycles. The molecular weight excluding hydrogens is 314 g/mol. The first kappa shape index (κ1) is 19.4. The van der Waals surface area contributed by atoms with E-state index in [0.717, 1.165) is 57.2 Å². The zero-order valence-electron chi connectivity index (χ0n) is 15.1. The van der Waals surface area contributed by atoms with Crippen LogP contribution in [-0.2, 0) is 16.0 Å². The summed E-state index contributed by atoms with van der Waals surface area (Å²) in [6.07, 6.45) is 7.06. The average molecular weight is 345 g/mol. The van der Waals surface area contributed by atoms with E-state index in [2.05, 4.69) is 5.32 Å². The largest absolute Gasteiger partial charge is 0.344 e. The molecule has 5 heteroatoms. The van der Waals surface area contributed by atoms with Crippen LogP contribution in [0.5, 0.6) is 0 Å². The van der Waals surface area contributed by atoms with Crippen LogP contribution in [0.25, 0.3) is 0 Å². The zero-order chi connectivity index (χ0) is 17.9. The van der Waals surface area contributed by atoms with Crippen LogP contribution >= 0.6 is 0 Å². The highest BCUT2D eigenvalue weighted by Crippen LogP contribution is 2.13. The number of nitrogens with zero attached hydrogens (tertiary/aromatic N) is 1. The van der Waals surface area contributed by atoms with Crippen molar-refractivity contribution >= 4 is 11.8 Å². The van der Waals surface area contributed by atoms with Crippen LogP contribution in [0.2, 0.25) is 0 Å². The van der Waals surface area contributed by atoms with Gasteiger partial charge in [-0.25, -0.2) is 0 Å². The van der Waals surface area contributed by atoms with Gasteiger partial charge in [0.15, 0.2) is 0 Å². The van der Waals surface area contributed by atoms with Gasteiger partial charge >= 0.3 is 0 Å². The Morgan fingerprint density at radius 3 is 2.40 bits per heavy atom. The Kier molecular flexibility index (Phi) is 8.46. The summed E-state index contributed by atoms with van der Waals surface area (Å²) < 4.78 is 0. The van der Waals surface area contributed by atoms with Gasteiger partial charge in [-0.3, -0.25) is 9.59 Å². The number of carbonyl (C=O) groups excluding carboxylic acids is 2. The lowest BCUT2D eigenvalue weighted by Crippen LogP contribution is -2.48. The van der Waals surface area contributed by atoms with E-state index in [0.29, 0.717) is 19.4 Å². The van der Waals surface area contributed by atoms with Gasteiger partial charge in [-0.2, -0.15) is 0 Å². The summed E-state index contributed by atoms with van der Waals surface area (Å²) in [4.78, 5) is 27.0. The second-order valence-electron chi connectivity index (χ2n) is 6.80. The fourth-order valence-corrected chi connectivity index (χ4v) is 3.26. The molecule has 1 atom stereocenters. The summed E-state index contributed by atoms with van der Waals surface area (Å²) in [7, 11) is 0. The summed E-state index contributed by atoms with van der Waals surface area (Å²) in [5.41, 5.74) is 6.55. The number of carbonyl (C=O) groups is 2. The topological polar surface area (TPSA) is 75.4 Å². The van der Waals surface area contributed by atoms with Crippen LogP contribution in [-0.4, -0.2) is 42.4 Å². The van der Waals surface area contributed by atoms with Gasteiger partial charge in [0.2, 0.25) is 11.8 Å². The molecule has 1 aromatic carbocycles. The minimum atomic E-state index is -0.461. The first-order valence-electron chi connectivity index (χ1n) is 9.53. The second kappa shape index (κ2) is 10.9. The predicted molar refractivity (Wildman–Crippen MR) is 100 cm³/mol. The van der Waals surface area contributed by atoms with E-state index in [1.807, 2.05) is 35.2 Å². The summed E-state index contributed by atoms with van der Waals surface area (Å²) in [5, 5.41) is 2.98. The lowest BCUT2D eigenvalue weighted by atomic mass is 10.0. The number of hydrogen-bond acceptors (Lipinski definition) is 3. The van der Waals surface area contributed by atoms with Crippen molar-refractivity contribution in [1.29, 1.82) is 0 Å². The Morgan fingerprint density at radius 2 is 1.72 bits per heavy atom. The third kappa shape index (κ3) is 6.86. The highest BCUT2D eigenvalue weighted by atomic mass is 16.2. The van der Waals surface area contributed by atoms with Gasteiger partial charge in [0, 0.05) is 25.9 Å². The van der Waals surface area contributed by atoms with E-state index in [-0.39, 0.29) is 11.8 Å². The van der Waals surface area contributed by atoms with Crippen molar-refractivity contribution in [2.45, 2.75) is 57.4 Å². The second-order valence-corrected chi connectivity index (χ2v) is 6.80. The molecule has 0 aliphatic carbocycles. The quantitative estimate of drug-likeness (QED) is 0.639. The van der Waals surface area contributed by atoms with E-state index in [9.17, 15) is 9.59 Å². The van der Waals surface area contributed by atoms with E-state index in [4.69, 9.17) is 5.73 Å². The van der Waals surface area contributed by atoms with E-state index < -0.39 is 6.04 Å². The molecule has 0 bridgehead atoms. The maximum atomic E-state index is 12.8. The molecule has 2 amide bonds. The average Bonchev–Trinajstić information content (AvgIpc) is 3.16. The van der Waals surface area contributed by atoms with Gasteiger partial charge in [-0.15, -0.1) is 0 Å². The van der Waals surface area contributed by atoms with E-state index in [1.54, 1.807) is 0 Å². The van der Waals surface area contributed by atoms with Crippen LogP contribution in [0, 0.1) is 0 Å². The molecule has 0 saturated carbocycles. The van der Waals surface area contributed by atoms with Gasteiger partial charge in [-0.1, -0.05) is 43.2 Å². The third-order valence-electron chi connectivity index (χ3n) is 4.69. The van der Waals surface area contributed by atoms with Crippen LogP contribution in [0.4, 0.5) is 0 Å². The minimum absolute atomic E-state index is 0.0266. The third-order valence-corrected chi connectivity index (χ3v) is 4.69. The van der Waals surface area contributed by atoms with Gasteiger partial charge in [0.25, 0.3) is 0 Å². The summed E-state index contributed by atoms with van der Waals surface area (Å²) in [6, 6.07) is 9.43. The number of unbranched alkanes of at least 4 members (excludes halogenated alkanes) is 3. The maximum Gasteiger partial charge on any atom is 0.245 e. The van der Waals surface area contributed by atoms with Crippen LogP contribution in [0.15, 0.2) is 30.3 Å². The molecule has 1 aliphatic heterocycles. The van der Waals surface area contributed by atoms with Gasteiger partial charge in [0.05, 0.1) is 0 Å². The monoisotopic (exact) mass is 345 g/mol. The SMILES string of the molecule is NCCCCCCC(=O)NC(Cc1ccccc1)C(=O)N1CCCC1. The summed E-state index contributed by atoms with van der Waals surface area (Å²) >= 11 is 0. The molecule has 1 aromatic rings. The maximum absolute atomic E-state index is 12.8. The molecule has 0 radical (unpaired) electrons. The number of nitrogens with one attached hydrogen (secondary N) is 1. The first-order chi connectivity index (χ1) is 12.2. The fourth-order valence-electron chi connectivity index (χ4n) is 3.26. The van der Waals surface area contributed by atoms with Crippen molar-refractivity contribution in [3.05, 3.63) is 35.9 Å². The lowest BCUT2D eigenvalue weighted by Gasteiger charge is -2.24. The molecule has 3 N–H and O–H groups in total. The molecule has 138 valence electrons. The normalized spacial score (nSPS) is 15.2. The summed E-state index contributed by atoms with van der Waals surface area (Å²) in [6.45, 7) is 2.31. The van der Waals surface area contributed by atoms with Crippen LogP contribution in [0.1, 0.15) is 50.5 Å². The Labute approximate surface area is 151 Å². The Balaban J connectivity index is 1.89.